The van der Waals surface area contributed by atoms with Gasteiger partial charge in [-0.15, -0.1) is 0 Å². The third-order valence-corrected chi connectivity index (χ3v) is 4.36. The van der Waals surface area contributed by atoms with Crippen LogP contribution >= 0.6 is 15.9 Å². The number of rotatable bonds is 5. The van der Waals surface area contributed by atoms with E-state index in [2.05, 4.69) is 59.4 Å². The van der Waals surface area contributed by atoms with E-state index < -0.39 is 0 Å². The summed E-state index contributed by atoms with van der Waals surface area (Å²) < 4.78 is 1.17. The second kappa shape index (κ2) is 4.89. The van der Waals surface area contributed by atoms with Gasteiger partial charge in [-0.1, -0.05) is 48.3 Å². The van der Waals surface area contributed by atoms with Gasteiger partial charge in [0.1, 0.15) is 0 Å². The maximum Gasteiger partial charge on any atom is 0.0175 e. The van der Waals surface area contributed by atoms with E-state index in [-0.39, 0.29) is 0 Å². The average Bonchev–Trinajstić information content (AvgIpc) is 3.02. The largest absolute Gasteiger partial charge is 0.316 e. The highest BCUT2D eigenvalue weighted by Crippen LogP contribution is 2.55. The molecule has 2 unspecified atom stereocenters. The molecule has 0 saturated heterocycles. The zero-order valence-corrected chi connectivity index (χ0v) is 11.7. The summed E-state index contributed by atoms with van der Waals surface area (Å²) in [5.74, 6) is 0.868. The molecule has 1 fully saturated rings. The minimum atomic E-state index is 0.422. The minimum absolute atomic E-state index is 0.422. The summed E-state index contributed by atoms with van der Waals surface area (Å²) in [6.07, 6.45) is 2.64. The third kappa shape index (κ3) is 2.18. The summed E-state index contributed by atoms with van der Waals surface area (Å²) in [6.45, 7) is 6.67. The molecule has 1 nitrogen and oxygen atoms in total. The van der Waals surface area contributed by atoms with Crippen LogP contribution in [0.25, 0.3) is 0 Å². The molecule has 0 spiro atoms. The molecule has 2 heteroatoms. The van der Waals surface area contributed by atoms with Crippen molar-refractivity contribution in [1.82, 2.24) is 5.32 Å². The maximum atomic E-state index is 3.52. The van der Waals surface area contributed by atoms with Crippen LogP contribution in [0.5, 0.6) is 0 Å². The van der Waals surface area contributed by atoms with E-state index in [9.17, 15) is 0 Å². The molecule has 2 atom stereocenters. The SMILES string of the molecule is CCNCC1(c2ccc(Br)cc2)CC1CC. The molecule has 0 amide bonds. The number of hydrogen-bond donors (Lipinski definition) is 1. The molecular weight excluding hydrogens is 262 g/mol. The summed E-state index contributed by atoms with van der Waals surface area (Å²) in [6, 6.07) is 8.87. The maximum absolute atomic E-state index is 3.52. The van der Waals surface area contributed by atoms with E-state index in [1.54, 1.807) is 0 Å². The summed E-state index contributed by atoms with van der Waals surface area (Å²) in [7, 11) is 0. The minimum Gasteiger partial charge on any atom is -0.316 e. The van der Waals surface area contributed by atoms with Crippen LogP contribution in [0.2, 0.25) is 0 Å². The van der Waals surface area contributed by atoms with Gasteiger partial charge in [0.15, 0.2) is 0 Å². The average molecular weight is 282 g/mol. The number of hydrogen-bond acceptors (Lipinski definition) is 1. The Bertz CT molecular complexity index is 346. The lowest BCUT2D eigenvalue weighted by Crippen LogP contribution is -2.28. The van der Waals surface area contributed by atoms with Crippen molar-refractivity contribution in [2.45, 2.75) is 32.1 Å². The summed E-state index contributed by atoms with van der Waals surface area (Å²) in [4.78, 5) is 0. The molecule has 1 aliphatic carbocycles. The highest BCUT2D eigenvalue weighted by Gasteiger charge is 2.53. The molecule has 0 radical (unpaired) electrons. The van der Waals surface area contributed by atoms with E-state index in [4.69, 9.17) is 0 Å². The Hall–Kier alpha value is -0.340. The molecule has 0 aromatic heterocycles. The van der Waals surface area contributed by atoms with Crippen molar-refractivity contribution >= 4 is 15.9 Å². The molecular formula is C14H20BrN. The van der Waals surface area contributed by atoms with Crippen molar-refractivity contribution in [3.63, 3.8) is 0 Å². The van der Waals surface area contributed by atoms with Gasteiger partial charge in [-0.3, -0.25) is 0 Å². The number of benzene rings is 1. The molecule has 0 heterocycles. The van der Waals surface area contributed by atoms with Crippen LogP contribution in [0.4, 0.5) is 0 Å². The van der Waals surface area contributed by atoms with E-state index in [0.717, 1.165) is 19.0 Å². The second-order valence-electron chi connectivity index (χ2n) is 4.75. The van der Waals surface area contributed by atoms with Gasteiger partial charge >= 0.3 is 0 Å². The Morgan fingerprint density at radius 2 is 2.00 bits per heavy atom. The van der Waals surface area contributed by atoms with Gasteiger partial charge in [-0.25, -0.2) is 0 Å². The first-order valence-corrected chi connectivity index (χ1v) is 6.99. The van der Waals surface area contributed by atoms with Gasteiger partial charge in [-0.05, 0) is 36.6 Å². The van der Waals surface area contributed by atoms with Crippen LogP contribution in [-0.4, -0.2) is 13.1 Å². The van der Waals surface area contributed by atoms with Crippen LogP contribution in [0.15, 0.2) is 28.7 Å². The Balaban J connectivity index is 2.17. The lowest BCUT2D eigenvalue weighted by Gasteiger charge is -2.18. The summed E-state index contributed by atoms with van der Waals surface area (Å²) >= 11 is 3.50. The zero-order valence-electron chi connectivity index (χ0n) is 10.1. The van der Waals surface area contributed by atoms with Crippen LogP contribution in [-0.2, 0) is 5.41 Å². The Kier molecular flexibility index (Phi) is 3.70. The Morgan fingerprint density at radius 3 is 2.50 bits per heavy atom. The van der Waals surface area contributed by atoms with Gasteiger partial charge < -0.3 is 5.32 Å². The number of nitrogens with one attached hydrogen (secondary N) is 1. The third-order valence-electron chi connectivity index (χ3n) is 3.83. The Morgan fingerprint density at radius 1 is 1.31 bits per heavy atom. The molecule has 1 N–H and O–H groups in total. The molecule has 0 bridgehead atoms. The van der Waals surface area contributed by atoms with Gasteiger partial charge in [0.05, 0.1) is 0 Å². The smallest absolute Gasteiger partial charge is 0.0175 e. The van der Waals surface area contributed by atoms with Crippen molar-refractivity contribution in [3.05, 3.63) is 34.3 Å². The van der Waals surface area contributed by atoms with E-state index >= 15 is 0 Å². The summed E-state index contributed by atoms with van der Waals surface area (Å²) in [5, 5.41) is 3.52. The van der Waals surface area contributed by atoms with Gasteiger partial charge in [0.2, 0.25) is 0 Å². The lowest BCUT2D eigenvalue weighted by atomic mass is 9.92. The highest BCUT2D eigenvalue weighted by atomic mass is 79.9. The van der Waals surface area contributed by atoms with Crippen molar-refractivity contribution in [3.8, 4) is 0 Å². The second-order valence-corrected chi connectivity index (χ2v) is 5.67. The monoisotopic (exact) mass is 281 g/mol. The molecule has 16 heavy (non-hydrogen) atoms. The fourth-order valence-electron chi connectivity index (χ4n) is 2.72. The first kappa shape index (κ1) is 12.1. The fraction of sp³-hybridized carbons (Fsp3) is 0.571. The van der Waals surface area contributed by atoms with Crippen molar-refractivity contribution in [2.24, 2.45) is 5.92 Å². The quantitative estimate of drug-likeness (QED) is 0.867. The van der Waals surface area contributed by atoms with Crippen molar-refractivity contribution in [2.75, 3.05) is 13.1 Å². The number of halogens is 1. The van der Waals surface area contributed by atoms with Gasteiger partial charge in [-0.2, -0.15) is 0 Å². The van der Waals surface area contributed by atoms with Gasteiger partial charge in [0.25, 0.3) is 0 Å². The molecule has 1 aromatic carbocycles. The number of likely N-dealkylation sites (N-methyl/N-ethyl adjacent to an activating group) is 1. The van der Waals surface area contributed by atoms with Crippen molar-refractivity contribution in [1.29, 1.82) is 0 Å². The van der Waals surface area contributed by atoms with Crippen LogP contribution in [0.1, 0.15) is 32.3 Å². The molecule has 88 valence electrons. The molecule has 0 aliphatic heterocycles. The lowest BCUT2D eigenvalue weighted by molar-refractivity contribution is 0.534. The normalized spacial score (nSPS) is 28.1. The Labute approximate surface area is 107 Å². The van der Waals surface area contributed by atoms with Gasteiger partial charge in [0, 0.05) is 16.4 Å². The molecule has 2 rings (SSSR count). The topological polar surface area (TPSA) is 12.0 Å². The van der Waals surface area contributed by atoms with Crippen LogP contribution in [0.3, 0.4) is 0 Å². The molecule has 1 aromatic rings. The first-order valence-electron chi connectivity index (χ1n) is 6.19. The highest BCUT2D eigenvalue weighted by molar-refractivity contribution is 9.10. The van der Waals surface area contributed by atoms with E-state index in [1.165, 1.54) is 22.9 Å². The fourth-order valence-corrected chi connectivity index (χ4v) is 2.98. The van der Waals surface area contributed by atoms with E-state index in [1.807, 2.05) is 0 Å². The predicted molar refractivity (Wildman–Crippen MR) is 72.8 cm³/mol. The molecule has 1 aliphatic rings. The standard InChI is InChI=1S/C14H20BrN/c1-3-11-9-14(11,10-16-4-2)12-5-7-13(15)8-6-12/h5-8,11,16H,3-4,9-10H2,1-2H3. The van der Waals surface area contributed by atoms with Crippen LogP contribution < -0.4 is 5.32 Å². The van der Waals surface area contributed by atoms with Crippen molar-refractivity contribution < 1.29 is 0 Å². The zero-order chi connectivity index (χ0) is 11.6. The molecule has 1 saturated carbocycles. The van der Waals surface area contributed by atoms with Crippen LogP contribution in [0, 0.1) is 5.92 Å². The summed E-state index contributed by atoms with van der Waals surface area (Å²) in [5.41, 5.74) is 1.93. The van der Waals surface area contributed by atoms with E-state index in [0.29, 0.717) is 5.41 Å². The first-order chi connectivity index (χ1) is 7.73. The predicted octanol–water partition coefficient (Wildman–Crippen LogP) is 3.73.